The lowest BCUT2D eigenvalue weighted by Crippen LogP contribution is -2.23. The molecule has 2 N–H and O–H groups in total. The van der Waals surface area contributed by atoms with Gasteiger partial charge in [-0.3, -0.25) is 4.68 Å². The molecule has 2 heterocycles. The zero-order valence-electron chi connectivity index (χ0n) is 11.5. The first kappa shape index (κ1) is 12.1. The number of nitrogens with zero attached hydrogens (tertiary/aromatic N) is 3. The number of benzene rings is 1. The highest BCUT2D eigenvalue weighted by Gasteiger charge is 2.21. The Kier molecular flexibility index (Phi) is 2.93. The van der Waals surface area contributed by atoms with Gasteiger partial charge in [-0.15, -0.1) is 0 Å². The molecule has 1 aromatic carbocycles. The minimum atomic E-state index is 0.338. The van der Waals surface area contributed by atoms with Gasteiger partial charge in [-0.05, 0) is 31.9 Å². The topological polar surface area (TPSA) is 47.1 Å². The molecule has 0 saturated carbocycles. The van der Waals surface area contributed by atoms with E-state index in [9.17, 15) is 0 Å². The first-order valence-corrected chi connectivity index (χ1v) is 6.81. The molecule has 0 fully saturated rings. The third-order valence-corrected chi connectivity index (χ3v) is 3.74. The molecular formula is C15H20N4. The van der Waals surface area contributed by atoms with Crippen LogP contribution in [0.2, 0.25) is 0 Å². The Labute approximate surface area is 113 Å². The molecule has 0 saturated heterocycles. The fraction of sp³-hybridized carbons (Fsp3) is 0.400. The van der Waals surface area contributed by atoms with E-state index in [4.69, 9.17) is 5.73 Å². The van der Waals surface area contributed by atoms with Gasteiger partial charge in [0, 0.05) is 18.3 Å². The lowest BCUT2D eigenvalue weighted by molar-refractivity contribution is 0.507. The van der Waals surface area contributed by atoms with Crippen molar-refractivity contribution in [1.82, 2.24) is 9.78 Å². The van der Waals surface area contributed by atoms with Gasteiger partial charge in [0.2, 0.25) is 0 Å². The molecule has 100 valence electrons. The highest BCUT2D eigenvalue weighted by Crippen LogP contribution is 2.30. The van der Waals surface area contributed by atoms with E-state index in [-0.39, 0.29) is 0 Å². The van der Waals surface area contributed by atoms with E-state index in [1.54, 1.807) is 6.20 Å². The van der Waals surface area contributed by atoms with E-state index < -0.39 is 0 Å². The van der Waals surface area contributed by atoms with E-state index in [2.05, 4.69) is 48.1 Å². The van der Waals surface area contributed by atoms with Gasteiger partial charge in [0.15, 0.2) is 0 Å². The quantitative estimate of drug-likeness (QED) is 0.918. The number of para-hydroxylation sites is 1. The van der Waals surface area contributed by atoms with Gasteiger partial charge in [-0.25, -0.2) is 0 Å². The second kappa shape index (κ2) is 4.61. The zero-order valence-corrected chi connectivity index (χ0v) is 11.5. The van der Waals surface area contributed by atoms with Crippen LogP contribution in [0.4, 0.5) is 11.4 Å². The Morgan fingerprint density at radius 3 is 2.89 bits per heavy atom. The molecule has 0 aliphatic carbocycles. The first-order chi connectivity index (χ1) is 9.16. The molecule has 0 amide bonds. The van der Waals surface area contributed by atoms with Gasteiger partial charge in [-0.1, -0.05) is 18.2 Å². The van der Waals surface area contributed by atoms with Crippen molar-refractivity contribution in [3.63, 3.8) is 0 Å². The van der Waals surface area contributed by atoms with Crippen LogP contribution >= 0.6 is 0 Å². The summed E-state index contributed by atoms with van der Waals surface area (Å²) in [5, 5.41) is 4.38. The van der Waals surface area contributed by atoms with Gasteiger partial charge in [0.25, 0.3) is 0 Å². The largest absolute Gasteiger partial charge is 0.396 e. The summed E-state index contributed by atoms with van der Waals surface area (Å²) in [7, 11) is 0. The number of nitrogen functional groups attached to an aromatic ring is 1. The monoisotopic (exact) mass is 256 g/mol. The molecule has 0 bridgehead atoms. The van der Waals surface area contributed by atoms with Gasteiger partial charge in [0.1, 0.15) is 0 Å². The maximum absolute atomic E-state index is 6.07. The Bertz CT molecular complexity index is 586. The molecule has 4 nitrogen and oxygen atoms in total. The van der Waals surface area contributed by atoms with Crippen molar-refractivity contribution in [3.8, 4) is 0 Å². The highest BCUT2D eigenvalue weighted by molar-refractivity contribution is 5.58. The first-order valence-electron chi connectivity index (χ1n) is 6.81. The molecule has 1 aliphatic rings. The summed E-state index contributed by atoms with van der Waals surface area (Å²) in [5.74, 6) is 0. The zero-order chi connectivity index (χ0) is 13.4. The SMILES string of the molecule is CC(C)n1ncc(N)c1CN1CCc2ccccc21. The van der Waals surface area contributed by atoms with Gasteiger partial charge >= 0.3 is 0 Å². The fourth-order valence-electron chi connectivity index (χ4n) is 2.76. The third kappa shape index (κ3) is 2.07. The van der Waals surface area contributed by atoms with Gasteiger partial charge < -0.3 is 10.6 Å². The summed E-state index contributed by atoms with van der Waals surface area (Å²) in [4.78, 5) is 2.39. The lowest BCUT2D eigenvalue weighted by Gasteiger charge is -2.21. The smallest absolute Gasteiger partial charge is 0.0809 e. The van der Waals surface area contributed by atoms with Crippen LogP contribution in [0.25, 0.3) is 0 Å². The van der Waals surface area contributed by atoms with Crippen LogP contribution in [0.1, 0.15) is 31.1 Å². The predicted octanol–water partition coefficient (Wildman–Crippen LogP) is 2.61. The summed E-state index contributed by atoms with van der Waals surface area (Å²) >= 11 is 0. The number of aromatic nitrogens is 2. The third-order valence-electron chi connectivity index (χ3n) is 3.74. The lowest BCUT2D eigenvalue weighted by atomic mass is 10.2. The van der Waals surface area contributed by atoms with Crippen LogP contribution in [-0.2, 0) is 13.0 Å². The molecule has 1 aromatic heterocycles. The van der Waals surface area contributed by atoms with E-state index in [1.165, 1.54) is 11.3 Å². The molecule has 0 radical (unpaired) electrons. The maximum atomic E-state index is 6.07. The Balaban J connectivity index is 1.89. The van der Waals surface area contributed by atoms with Gasteiger partial charge in [-0.2, -0.15) is 5.10 Å². The van der Waals surface area contributed by atoms with Crippen LogP contribution in [-0.4, -0.2) is 16.3 Å². The normalized spacial score (nSPS) is 14.2. The van der Waals surface area contributed by atoms with Crippen molar-refractivity contribution in [2.24, 2.45) is 0 Å². The van der Waals surface area contributed by atoms with Crippen LogP contribution in [0.5, 0.6) is 0 Å². The number of fused-ring (bicyclic) bond motifs is 1. The highest BCUT2D eigenvalue weighted by atomic mass is 15.3. The van der Waals surface area contributed by atoms with Crippen molar-refractivity contribution in [2.45, 2.75) is 32.9 Å². The summed E-state index contributed by atoms with van der Waals surface area (Å²) in [6.45, 7) is 6.16. The minimum absolute atomic E-state index is 0.338. The van der Waals surface area contributed by atoms with E-state index in [1.807, 2.05) is 4.68 Å². The number of anilines is 2. The molecule has 2 aromatic rings. The summed E-state index contributed by atoms with van der Waals surface area (Å²) < 4.78 is 2.02. The second-order valence-corrected chi connectivity index (χ2v) is 5.39. The standard InChI is InChI=1S/C15H20N4/c1-11(2)19-15(13(16)9-17-19)10-18-8-7-12-5-3-4-6-14(12)18/h3-6,9,11H,7-8,10,16H2,1-2H3. The summed E-state index contributed by atoms with van der Waals surface area (Å²) in [6, 6.07) is 8.94. The summed E-state index contributed by atoms with van der Waals surface area (Å²) in [5.41, 5.74) is 10.7. The fourth-order valence-corrected chi connectivity index (χ4v) is 2.76. The van der Waals surface area contributed by atoms with Gasteiger partial charge in [0.05, 0.1) is 24.1 Å². The molecule has 19 heavy (non-hydrogen) atoms. The van der Waals surface area contributed by atoms with Crippen LogP contribution < -0.4 is 10.6 Å². The van der Waals surface area contributed by atoms with Crippen molar-refractivity contribution in [3.05, 3.63) is 41.7 Å². The number of hydrogen-bond donors (Lipinski definition) is 1. The minimum Gasteiger partial charge on any atom is -0.396 e. The maximum Gasteiger partial charge on any atom is 0.0809 e. The van der Waals surface area contributed by atoms with E-state index in [0.29, 0.717) is 6.04 Å². The van der Waals surface area contributed by atoms with Crippen molar-refractivity contribution < 1.29 is 0 Å². The average Bonchev–Trinajstić information content (AvgIpc) is 2.96. The number of hydrogen-bond acceptors (Lipinski definition) is 3. The van der Waals surface area contributed by atoms with Crippen molar-refractivity contribution in [2.75, 3.05) is 17.2 Å². The van der Waals surface area contributed by atoms with Crippen LogP contribution in [0, 0.1) is 0 Å². The van der Waals surface area contributed by atoms with Crippen molar-refractivity contribution in [1.29, 1.82) is 0 Å². The molecule has 0 unspecified atom stereocenters. The van der Waals surface area contributed by atoms with E-state index >= 15 is 0 Å². The Morgan fingerprint density at radius 1 is 1.32 bits per heavy atom. The molecule has 1 aliphatic heterocycles. The molecule has 3 rings (SSSR count). The van der Waals surface area contributed by atoms with Crippen molar-refractivity contribution >= 4 is 11.4 Å². The molecular weight excluding hydrogens is 236 g/mol. The molecule has 0 atom stereocenters. The summed E-state index contributed by atoms with van der Waals surface area (Å²) in [6.07, 6.45) is 2.88. The number of rotatable bonds is 3. The van der Waals surface area contributed by atoms with E-state index in [0.717, 1.165) is 30.9 Å². The second-order valence-electron chi connectivity index (χ2n) is 5.39. The van der Waals surface area contributed by atoms with Crippen LogP contribution in [0.3, 0.4) is 0 Å². The Hall–Kier alpha value is -1.97. The molecule has 4 heteroatoms. The Morgan fingerprint density at radius 2 is 2.11 bits per heavy atom. The average molecular weight is 256 g/mol. The molecule has 0 spiro atoms. The number of nitrogens with two attached hydrogens (primary N) is 1. The predicted molar refractivity (Wildman–Crippen MR) is 78.2 cm³/mol. The van der Waals surface area contributed by atoms with Crippen LogP contribution in [0.15, 0.2) is 30.5 Å².